The van der Waals surface area contributed by atoms with E-state index in [0.29, 0.717) is 31.2 Å². The normalized spacial score (nSPS) is 20.7. The van der Waals surface area contributed by atoms with Gasteiger partial charge in [0.1, 0.15) is 30.3 Å². The fourth-order valence-corrected chi connectivity index (χ4v) is 3.84. The molecule has 0 aliphatic carbocycles. The summed E-state index contributed by atoms with van der Waals surface area (Å²) >= 11 is 0. The zero-order valence-electron chi connectivity index (χ0n) is 17.4. The van der Waals surface area contributed by atoms with E-state index >= 15 is 0 Å². The first kappa shape index (κ1) is 20.4. The van der Waals surface area contributed by atoms with Crippen molar-refractivity contribution in [1.29, 1.82) is 0 Å². The van der Waals surface area contributed by atoms with Gasteiger partial charge in [0.2, 0.25) is 11.9 Å². The van der Waals surface area contributed by atoms with Crippen LogP contribution in [0.4, 0.5) is 11.9 Å². The lowest BCUT2D eigenvalue weighted by Crippen LogP contribution is -2.31. The van der Waals surface area contributed by atoms with Gasteiger partial charge in [0.15, 0.2) is 5.65 Å². The predicted octanol–water partition coefficient (Wildman–Crippen LogP) is 2.53. The molecule has 0 unspecified atom stereocenters. The molecule has 5 rings (SSSR count). The smallest absolute Gasteiger partial charge is 0.225 e. The standard InChI is InChI=1S/C23H24N6O3/c24-22-27-21-18(26-14-29(21)23(25)28-22)20-19(31-12-16-9-5-2-6-10-16)17(13-32-20)30-11-15-7-3-1-4-8-15/h1-10,14,17,19-20H,11-13H2,(H4,24,25,27,28)/t17-,19+,20-/m0/s1. The summed E-state index contributed by atoms with van der Waals surface area (Å²) in [7, 11) is 0. The van der Waals surface area contributed by atoms with Crippen molar-refractivity contribution >= 4 is 17.5 Å². The summed E-state index contributed by atoms with van der Waals surface area (Å²) in [5.74, 6) is 0.288. The van der Waals surface area contributed by atoms with Crippen molar-refractivity contribution in [3.8, 4) is 0 Å². The lowest BCUT2D eigenvalue weighted by Gasteiger charge is -2.23. The van der Waals surface area contributed by atoms with Crippen LogP contribution in [0.5, 0.6) is 0 Å². The molecule has 4 N–H and O–H groups in total. The molecular weight excluding hydrogens is 408 g/mol. The first-order chi connectivity index (χ1) is 15.7. The molecule has 4 aromatic rings. The number of aromatic nitrogens is 4. The molecular formula is C23H24N6O3. The number of benzene rings is 2. The highest BCUT2D eigenvalue weighted by atomic mass is 16.6. The Labute approximate surface area is 185 Å². The highest BCUT2D eigenvalue weighted by Crippen LogP contribution is 2.35. The van der Waals surface area contributed by atoms with Gasteiger partial charge in [0, 0.05) is 0 Å². The summed E-state index contributed by atoms with van der Waals surface area (Å²) in [6, 6.07) is 20.0. The summed E-state index contributed by atoms with van der Waals surface area (Å²) in [5.41, 5.74) is 15.0. The first-order valence-corrected chi connectivity index (χ1v) is 10.4. The molecule has 0 bridgehead atoms. The van der Waals surface area contributed by atoms with Gasteiger partial charge >= 0.3 is 0 Å². The molecule has 164 valence electrons. The quantitative estimate of drug-likeness (QED) is 0.457. The maximum Gasteiger partial charge on any atom is 0.225 e. The van der Waals surface area contributed by atoms with Crippen molar-refractivity contribution in [2.45, 2.75) is 31.5 Å². The summed E-state index contributed by atoms with van der Waals surface area (Å²) in [6.07, 6.45) is 0.403. The lowest BCUT2D eigenvalue weighted by molar-refractivity contribution is -0.0746. The van der Waals surface area contributed by atoms with Crippen molar-refractivity contribution in [2.24, 2.45) is 0 Å². The Morgan fingerprint density at radius 2 is 1.56 bits per heavy atom. The van der Waals surface area contributed by atoms with Crippen LogP contribution in [0.15, 0.2) is 67.0 Å². The fourth-order valence-electron chi connectivity index (χ4n) is 3.84. The van der Waals surface area contributed by atoms with Gasteiger partial charge in [-0.15, -0.1) is 0 Å². The number of nitrogens with two attached hydrogens (primary N) is 2. The number of nitrogens with zero attached hydrogens (tertiary/aromatic N) is 4. The van der Waals surface area contributed by atoms with Crippen LogP contribution in [-0.4, -0.2) is 38.2 Å². The minimum atomic E-state index is -0.488. The molecule has 1 fully saturated rings. The molecule has 9 heteroatoms. The molecule has 0 spiro atoms. The number of rotatable bonds is 7. The number of fused-ring (bicyclic) bond motifs is 1. The lowest BCUT2D eigenvalue weighted by atomic mass is 10.1. The van der Waals surface area contributed by atoms with Gasteiger partial charge in [0.25, 0.3) is 0 Å². The first-order valence-electron chi connectivity index (χ1n) is 10.4. The van der Waals surface area contributed by atoms with E-state index < -0.39 is 12.2 Å². The second kappa shape index (κ2) is 8.91. The number of ether oxygens (including phenoxy) is 3. The Balaban J connectivity index is 1.41. The fraction of sp³-hybridized carbons (Fsp3) is 0.261. The van der Waals surface area contributed by atoms with Gasteiger partial charge in [-0.1, -0.05) is 60.7 Å². The maximum atomic E-state index is 6.33. The largest absolute Gasteiger partial charge is 0.369 e. The number of nitrogen functional groups attached to an aromatic ring is 2. The van der Waals surface area contributed by atoms with Crippen molar-refractivity contribution in [3.05, 3.63) is 83.8 Å². The van der Waals surface area contributed by atoms with Crippen LogP contribution in [-0.2, 0) is 27.4 Å². The number of hydrogen-bond donors (Lipinski definition) is 2. The SMILES string of the molecule is Nc1nc(N)n2cnc([C@@H]3OC[C@H](OCc4ccccc4)[C@H]3OCc3ccccc3)c2n1. The number of hydrogen-bond acceptors (Lipinski definition) is 8. The van der Waals surface area contributed by atoms with Crippen molar-refractivity contribution < 1.29 is 14.2 Å². The van der Waals surface area contributed by atoms with Crippen LogP contribution in [0.1, 0.15) is 22.9 Å². The second-order valence-electron chi connectivity index (χ2n) is 7.61. The van der Waals surface area contributed by atoms with Crippen LogP contribution in [0.25, 0.3) is 5.65 Å². The van der Waals surface area contributed by atoms with Crippen LogP contribution < -0.4 is 11.5 Å². The van der Waals surface area contributed by atoms with E-state index in [2.05, 4.69) is 15.0 Å². The molecule has 0 amide bonds. The van der Waals surface area contributed by atoms with E-state index in [1.54, 1.807) is 10.7 Å². The summed E-state index contributed by atoms with van der Waals surface area (Å²) < 4.78 is 20.2. The minimum Gasteiger partial charge on any atom is -0.369 e. The Hall–Kier alpha value is -3.53. The number of anilines is 2. The molecule has 3 atom stereocenters. The van der Waals surface area contributed by atoms with Crippen molar-refractivity contribution in [2.75, 3.05) is 18.1 Å². The zero-order valence-corrected chi connectivity index (χ0v) is 17.4. The molecule has 2 aromatic heterocycles. The third-order valence-electron chi connectivity index (χ3n) is 5.43. The van der Waals surface area contributed by atoms with Gasteiger partial charge in [-0.25, -0.2) is 4.98 Å². The third-order valence-corrected chi connectivity index (χ3v) is 5.43. The van der Waals surface area contributed by atoms with E-state index in [0.717, 1.165) is 11.1 Å². The molecule has 1 aliphatic rings. The van der Waals surface area contributed by atoms with Crippen LogP contribution in [0.3, 0.4) is 0 Å². The summed E-state index contributed by atoms with van der Waals surface area (Å²) in [4.78, 5) is 12.8. The van der Waals surface area contributed by atoms with E-state index in [1.165, 1.54) is 0 Å². The van der Waals surface area contributed by atoms with E-state index in [9.17, 15) is 0 Å². The van der Waals surface area contributed by atoms with Crippen LogP contribution in [0, 0.1) is 0 Å². The molecule has 1 aliphatic heterocycles. The van der Waals surface area contributed by atoms with E-state index in [-0.39, 0.29) is 18.0 Å². The third kappa shape index (κ3) is 4.13. The van der Waals surface area contributed by atoms with Gasteiger partial charge in [0.05, 0.1) is 19.8 Å². The molecule has 0 radical (unpaired) electrons. The minimum absolute atomic E-state index is 0.0772. The van der Waals surface area contributed by atoms with Gasteiger partial charge in [-0.2, -0.15) is 9.97 Å². The van der Waals surface area contributed by atoms with Crippen LogP contribution in [0.2, 0.25) is 0 Å². The summed E-state index contributed by atoms with van der Waals surface area (Å²) in [5, 5.41) is 0. The zero-order chi connectivity index (χ0) is 21.9. The van der Waals surface area contributed by atoms with Crippen molar-refractivity contribution in [1.82, 2.24) is 19.4 Å². The average Bonchev–Trinajstić information content (AvgIpc) is 3.41. The van der Waals surface area contributed by atoms with Crippen LogP contribution >= 0.6 is 0 Å². The molecule has 1 saturated heterocycles. The molecule has 3 heterocycles. The maximum absolute atomic E-state index is 6.33. The second-order valence-corrected chi connectivity index (χ2v) is 7.61. The van der Waals surface area contributed by atoms with Gasteiger partial charge < -0.3 is 25.7 Å². The molecule has 32 heavy (non-hydrogen) atoms. The van der Waals surface area contributed by atoms with E-state index in [4.69, 9.17) is 25.7 Å². The monoisotopic (exact) mass is 432 g/mol. The molecule has 2 aromatic carbocycles. The Morgan fingerprint density at radius 3 is 2.25 bits per heavy atom. The van der Waals surface area contributed by atoms with Crippen molar-refractivity contribution in [3.63, 3.8) is 0 Å². The van der Waals surface area contributed by atoms with Gasteiger partial charge in [-0.05, 0) is 11.1 Å². The molecule has 9 nitrogen and oxygen atoms in total. The average molecular weight is 432 g/mol. The summed E-state index contributed by atoms with van der Waals surface area (Å²) in [6.45, 7) is 1.24. The van der Waals surface area contributed by atoms with Gasteiger partial charge in [-0.3, -0.25) is 4.40 Å². The molecule has 0 saturated carbocycles. The highest BCUT2D eigenvalue weighted by molar-refractivity contribution is 5.52. The topological polar surface area (TPSA) is 123 Å². The Bertz CT molecular complexity index is 1180. The Kier molecular flexibility index (Phi) is 5.68. The Morgan fingerprint density at radius 1 is 0.906 bits per heavy atom. The predicted molar refractivity (Wildman–Crippen MR) is 118 cm³/mol. The number of imidazole rings is 1. The highest BCUT2D eigenvalue weighted by Gasteiger charge is 2.42. The van der Waals surface area contributed by atoms with E-state index in [1.807, 2.05) is 60.7 Å².